The summed E-state index contributed by atoms with van der Waals surface area (Å²) in [5.74, 6) is 2.52. The van der Waals surface area contributed by atoms with E-state index in [2.05, 4.69) is 24.0 Å². The maximum absolute atomic E-state index is 6.37. The van der Waals surface area contributed by atoms with Crippen molar-refractivity contribution in [3.63, 3.8) is 0 Å². The van der Waals surface area contributed by atoms with Crippen molar-refractivity contribution in [1.29, 1.82) is 0 Å². The van der Waals surface area contributed by atoms with Crippen molar-refractivity contribution < 1.29 is 0 Å². The Morgan fingerprint density at radius 2 is 1.67 bits per heavy atom. The third-order valence-corrected chi connectivity index (χ3v) is 5.11. The fraction of sp³-hybridized carbons (Fsp3) is 0.300. The van der Waals surface area contributed by atoms with E-state index in [-0.39, 0.29) is 0 Å². The zero-order valence-electron chi connectivity index (χ0n) is 13.7. The average molecular weight is 338 g/mol. The molecular formula is C20H20ClN3. The SMILES string of the molecule is CC1CCN(c2nc(-c3ccccc3Cl)nc3ccccc23)CC1. The lowest BCUT2D eigenvalue weighted by Gasteiger charge is -2.32. The molecule has 1 aromatic heterocycles. The van der Waals surface area contributed by atoms with Crippen LogP contribution in [0.15, 0.2) is 48.5 Å². The minimum Gasteiger partial charge on any atom is -0.356 e. The molecule has 0 amide bonds. The summed E-state index contributed by atoms with van der Waals surface area (Å²) in [4.78, 5) is 12.1. The first-order valence-electron chi connectivity index (χ1n) is 8.49. The number of nitrogens with zero attached hydrogens (tertiary/aromatic N) is 3. The average Bonchev–Trinajstić information content (AvgIpc) is 2.62. The summed E-state index contributed by atoms with van der Waals surface area (Å²) in [6.07, 6.45) is 2.42. The molecule has 4 rings (SSSR count). The van der Waals surface area contributed by atoms with Gasteiger partial charge in [0.05, 0.1) is 10.5 Å². The van der Waals surface area contributed by atoms with Crippen molar-refractivity contribution >= 4 is 28.3 Å². The van der Waals surface area contributed by atoms with Crippen LogP contribution in [0.4, 0.5) is 5.82 Å². The van der Waals surface area contributed by atoms with E-state index < -0.39 is 0 Å². The van der Waals surface area contributed by atoms with Gasteiger partial charge in [0, 0.05) is 24.0 Å². The molecule has 0 N–H and O–H groups in total. The predicted octanol–water partition coefficient (Wildman–Crippen LogP) is 5.19. The largest absolute Gasteiger partial charge is 0.356 e. The molecule has 1 saturated heterocycles. The van der Waals surface area contributed by atoms with E-state index in [1.165, 1.54) is 12.8 Å². The number of hydrogen-bond acceptors (Lipinski definition) is 3. The Bertz CT molecular complexity index is 870. The zero-order valence-corrected chi connectivity index (χ0v) is 14.5. The molecule has 122 valence electrons. The summed E-state index contributed by atoms with van der Waals surface area (Å²) in [7, 11) is 0. The summed E-state index contributed by atoms with van der Waals surface area (Å²) in [6, 6.07) is 16.0. The van der Waals surface area contributed by atoms with Crippen LogP contribution >= 0.6 is 11.6 Å². The molecular weight excluding hydrogens is 318 g/mol. The Morgan fingerprint density at radius 1 is 0.958 bits per heavy atom. The van der Waals surface area contributed by atoms with Crippen molar-refractivity contribution in [3.8, 4) is 11.4 Å². The highest BCUT2D eigenvalue weighted by Crippen LogP contribution is 2.32. The number of para-hydroxylation sites is 1. The smallest absolute Gasteiger partial charge is 0.163 e. The Labute approximate surface area is 147 Å². The molecule has 0 aliphatic carbocycles. The molecule has 0 atom stereocenters. The first-order chi connectivity index (χ1) is 11.7. The summed E-state index contributed by atoms with van der Waals surface area (Å²) in [6.45, 7) is 4.42. The molecule has 24 heavy (non-hydrogen) atoms. The number of piperidine rings is 1. The number of anilines is 1. The van der Waals surface area contributed by atoms with Gasteiger partial charge in [-0.25, -0.2) is 9.97 Å². The third-order valence-electron chi connectivity index (χ3n) is 4.78. The zero-order chi connectivity index (χ0) is 16.5. The summed E-state index contributed by atoms with van der Waals surface area (Å²) >= 11 is 6.37. The second-order valence-corrected chi connectivity index (χ2v) is 6.94. The fourth-order valence-corrected chi connectivity index (χ4v) is 3.50. The predicted molar refractivity (Wildman–Crippen MR) is 101 cm³/mol. The van der Waals surface area contributed by atoms with Gasteiger partial charge in [0.1, 0.15) is 5.82 Å². The Kier molecular flexibility index (Phi) is 4.11. The lowest BCUT2D eigenvalue weighted by Crippen LogP contribution is -2.33. The second kappa shape index (κ2) is 6.40. The number of hydrogen-bond donors (Lipinski definition) is 0. The van der Waals surface area contributed by atoms with Gasteiger partial charge in [0.25, 0.3) is 0 Å². The maximum Gasteiger partial charge on any atom is 0.163 e. The Hall–Kier alpha value is -2.13. The van der Waals surface area contributed by atoms with Gasteiger partial charge in [0.2, 0.25) is 0 Å². The van der Waals surface area contributed by atoms with E-state index in [1.54, 1.807) is 0 Å². The fourth-order valence-electron chi connectivity index (χ4n) is 3.28. The van der Waals surface area contributed by atoms with Gasteiger partial charge in [0.15, 0.2) is 5.82 Å². The van der Waals surface area contributed by atoms with Crippen molar-refractivity contribution in [2.45, 2.75) is 19.8 Å². The topological polar surface area (TPSA) is 29.0 Å². The van der Waals surface area contributed by atoms with Crippen molar-refractivity contribution in [3.05, 3.63) is 53.6 Å². The normalized spacial score (nSPS) is 15.8. The number of fused-ring (bicyclic) bond motifs is 1. The van der Waals surface area contributed by atoms with Gasteiger partial charge >= 0.3 is 0 Å². The summed E-state index contributed by atoms with van der Waals surface area (Å²) < 4.78 is 0. The minimum atomic E-state index is 0.686. The third kappa shape index (κ3) is 2.84. The van der Waals surface area contributed by atoms with Crippen LogP contribution in [0.1, 0.15) is 19.8 Å². The molecule has 2 aromatic carbocycles. The van der Waals surface area contributed by atoms with Crippen molar-refractivity contribution in [2.24, 2.45) is 5.92 Å². The van der Waals surface area contributed by atoms with Gasteiger partial charge in [-0.2, -0.15) is 0 Å². The van der Waals surface area contributed by atoms with Gasteiger partial charge in [-0.1, -0.05) is 42.8 Å². The van der Waals surface area contributed by atoms with Crippen LogP contribution in [0.2, 0.25) is 5.02 Å². The van der Waals surface area contributed by atoms with E-state index in [1.807, 2.05) is 36.4 Å². The monoisotopic (exact) mass is 337 g/mol. The van der Waals surface area contributed by atoms with Crippen LogP contribution in [0.25, 0.3) is 22.3 Å². The molecule has 0 saturated carbocycles. The van der Waals surface area contributed by atoms with Gasteiger partial charge in [-0.15, -0.1) is 0 Å². The van der Waals surface area contributed by atoms with Gasteiger partial charge in [-0.05, 0) is 43.0 Å². The second-order valence-electron chi connectivity index (χ2n) is 6.54. The number of benzene rings is 2. The molecule has 1 fully saturated rings. The standard InChI is InChI=1S/C20H20ClN3/c1-14-10-12-24(13-11-14)20-16-7-3-5-9-18(16)22-19(23-20)15-6-2-4-8-17(15)21/h2-9,14H,10-13H2,1H3. The maximum atomic E-state index is 6.37. The van der Waals surface area contributed by atoms with Crippen LogP contribution in [0, 0.1) is 5.92 Å². The molecule has 4 heteroatoms. The lowest BCUT2D eigenvalue weighted by molar-refractivity contribution is 0.437. The summed E-state index contributed by atoms with van der Waals surface area (Å²) in [5, 5.41) is 1.80. The highest BCUT2D eigenvalue weighted by atomic mass is 35.5. The molecule has 3 nitrogen and oxygen atoms in total. The number of aromatic nitrogens is 2. The van der Waals surface area contributed by atoms with Crippen LogP contribution in [0.3, 0.4) is 0 Å². The molecule has 0 bridgehead atoms. The number of rotatable bonds is 2. The quantitative estimate of drug-likeness (QED) is 0.644. The minimum absolute atomic E-state index is 0.686. The van der Waals surface area contributed by atoms with E-state index in [9.17, 15) is 0 Å². The van der Waals surface area contributed by atoms with E-state index >= 15 is 0 Å². The Balaban J connectivity index is 1.87. The first kappa shape index (κ1) is 15.4. The van der Waals surface area contributed by atoms with Crippen LogP contribution < -0.4 is 4.90 Å². The molecule has 1 aliphatic heterocycles. The molecule has 1 aliphatic rings. The van der Waals surface area contributed by atoms with Gasteiger partial charge < -0.3 is 4.90 Å². The van der Waals surface area contributed by atoms with Crippen LogP contribution in [-0.4, -0.2) is 23.1 Å². The highest BCUT2D eigenvalue weighted by molar-refractivity contribution is 6.33. The molecule has 0 radical (unpaired) electrons. The van der Waals surface area contributed by atoms with Gasteiger partial charge in [-0.3, -0.25) is 0 Å². The Morgan fingerprint density at radius 3 is 2.46 bits per heavy atom. The highest BCUT2D eigenvalue weighted by Gasteiger charge is 2.20. The molecule has 0 unspecified atom stereocenters. The number of halogens is 1. The van der Waals surface area contributed by atoms with Crippen molar-refractivity contribution in [1.82, 2.24) is 9.97 Å². The molecule has 0 spiro atoms. The summed E-state index contributed by atoms with van der Waals surface area (Å²) in [5.41, 5.74) is 1.85. The van der Waals surface area contributed by atoms with Crippen LogP contribution in [-0.2, 0) is 0 Å². The van der Waals surface area contributed by atoms with E-state index in [0.717, 1.165) is 41.3 Å². The molecule has 3 aromatic rings. The molecule has 2 heterocycles. The first-order valence-corrected chi connectivity index (χ1v) is 8.87. The van der Waals surface area contributed by atoms with E-state index in [4.69, 9.17) is 21.6 Å². The van der Waals surface area contributed by atoms with E-state index in [0.29, 0.717) is 10.8 Å². The lowest BCUT2D eigenvalue weighted by atomic mass is 9.99. The van der Waals surface area contributed by atoms with Crippen LogP contribution in [0.5, 0.6) is 0 Å². The van der Waals surface area contributed by atoms with Crippen molar-refractivity contribution in [2.75, 3.05) is 18.0 Å².